The summed E-state index contributed by atoms with van der Waals surface area (Å²) in [5, 5.41) is 7.50. The minimum atomic E-state index is -3.99. The molecule has 2 aliphatic rings. The van der Waals surface area contributed by atoms with Crippen molar-refractivity contribution in [2.24, 2.45) is 20.2 Å². The fourth-order valence-electron chi connectivity index (χ4n) is 4.45. The highest BCUT2D eigenvalue weighted by molar-refractivity contribution is 7.87. The van der Waals surface area contributed by atoms with Crippen molar-refractivity contribution in [3.63, 3.8) is 0 Å². The normalized spacial score (nSPS) is 19.2. The molecule has 0 bridgehead atoms. The van der Waals surface area contributed by atoms with Crippen LogP contribution in [-0.2, 0) is 10.2 Å². The first-order valence-electron chi connectivity index (χ1n) is 12.2. The van der Waals surface area contributed by atoms with Crippen LogP contribution in [0, 0.1) is 0 Å². The summed E-state index contributed by atoms with van der Waals surface area (Å²) in [5.41, 5.74) is 9.55. The van der Waals surface area contributed by atoms with Gasteiger partial charge in [0.05, 0.1) is 12.3 Å². The van der Waals surface area contributed by atoms with E-state index < -0.39 is 10.2 Å². The predicted molar refractivity (Wildman–Crippen MR) is 153 cm³/mol. The van der Waals surface area contributed by atoms with Gasteiger partial charge in [0.15, 0.2) is 0 Å². The lowest BCUT2D eigenvalue weighted by molar-refractivity contribution is 0.461. The molecule has 0 amide bonds. The van der Waals surface area contributed by atoms with Crippen LogP contribution in [-0.4, -0.2) is 54.9 Å². The SMILES string of the molecule is N/C(=N\C(=N\S(=O)(=O)N1CCCC1)N1CC(c2ccccc2)C(c2ccc(Cl)cc2)=N1)c1ccc(Cl)cc1. The second-order valence-corrected chi connectivity index (χ2v) is 11.5. The Balaban J connectivity index is 1.60. The Labute approximate surface area is 232 Å². The van der Waals surface area contributed by atoms with Gasteiger partial charge in [-0.05, 0) is 60.4 Å². The number of hydrogen-bond acceptors (Lipinski definition) is 3. The summed E-state index contributed by atoms with van der Waals surface area (Å²) < 4.78 is 31.9. The van der Waals surface area contributed by atoms with Crippen LogP contribution in [0.15, 0.2) is 93.4 Å². The van der Waals surface area contributed by atoms with Crippen LogP contribution in [0.2, 0.25) is 10.0 Å². The zero-order valence-electron chi connectivity index (χ0n) is 20.4. The monoisotopic (exact) mass is 568 g/mol. The van der Waals surface area contributed by atoms with Gasteiger partial charge in [0, 0.05) is 34.6 Å². The van der Waals surface area contributed by atoms with Crippen molar-refractivity contribution in [2.45, 2.75) is 18.8 Å². The number of rotatable bonds is 5. The number of guanidine groups is 1. The summed E-state index contributed by atoms with van der Waals surface area (Å²) in [6.07, 6.45) is 1.58. The molecule has 0 aromatic heterocycles. The van der Waals surface area contributed by atoms with Gasteiger partial charge in [-0.15, -0.1) is 4.40 Å². The van der Waals surface area contributed by atoms with Gasteiger partial charge in [-0.3, -0.25) is 0 Å². The van der Waals surface area contributed by atoms with Crippen LogP contribution >= 0.6 is 23.2 Å². The van der Waals surface area contributed by atoms with Crippen LogP contribution in [0.3, 0.4) is 0 Å². The average Bonchev–Trinajstić information content (AvgIpc) is 3.61. The van der Waals surface area contributed by atoms with E-state index >= 15 is 0 Å². The lowest BCUT2D eigenvalue weighted by Gasteiger charge is -2.18. The molecule has 1 unspecified atom stereocenters. The van der Waals surface area contributed by atoms with Gasteiger partial charge in [0.2, 0.25) is 0 Å². The number of amidine groups is 1. The van der Waals surface area contributed by atoms with Crippen molar-refractivity contribution in [1.29, 1.82) is 0 Å². The Morgan fingerprint density at radius 1 is 0.895 bits per heavy atom. The highest BCUT2D eigenvalue weighted by Gasteiger charge is 2.34. The van der Waals surface area contributed by atoms with E-state index in [1.807, 2.05) is 42.5 Å². The fraction of sp³-hybridized carbons (Fsp3) is 0.222. The second-order valence-electron chi connectivity index (χ2n) is 9.02. The molecule has 2 N–H and O–H groups in total. The zero-order chi connectivity index (χ0) is 26.7. The Bertz CT molecular complexity index is 1480. The Kier molecular flexibility index (Phi) is 7.80. The van der Waals surface area contributed by atoms with E-state index in [0.29, 0.717) is 35.2 Å². The van der Waals surface area contributed by atoms with E-state index in [0.717, 1.165) is 29.7 Å². The van der Waals surface area contributed by atoms with E-state index in [4.69, 9.17) is 34.0 Å². The summed E-state index contributed by atoms with van der Waals surface area (Å²) in [5.74, 6) is -0.165. The van der Waals surface area contributed by atoms with Crippen molar-refractivity contribution in [3.05, 3.63) is 106 Å². The third-order valence-corrected chi connectivity index (χ3v) is 8.35. The van der Waals surface area contributed by atoms with E-state index in [-0.39, 0.29) is 17.7 Å². The van der Waals surface area contributed by atoms with Crippen molar-refractivity contribution in [2.75, 3.05) is 19.6 Å². The molecule has 11 heteroatoms. The molecule has 5 rings (SSSR count). The lowest BCUT2D eigenvalue weighted by Crippen LogP contribution is -2.32. The minimum absolute atomic E-state index is 0.100. The largest absolute Gasteiger partial charge is 0.383 e. The summed E-state index contributed by atoms with van der Waals surface area (Å²) >= 11 is 12.2. The molecule has 1 atom stereocenters. The predicted octanol–water partition coefficient (Wildman–Crippen LogP) is 4.90. The summed E-state index contributed by atoms with van der Waals surface area (Å²) in [4.78, 5) is 4.48. The van der Waals surface area contributed by atoms with Gasteiger partial charge >= 0.3 is 10.2 Å². The van der Waals surface area contributed by atoms with Crippen molar-refractivity contribution >= 4 is 50.9 Å². The molecule has 1 fully saturated rings. The van der Waals surface area contributed by atoms with Gasteiger partial charge < -0.3 is 5.73 Å². The minimum Gasteiger partial charge on any atom is -0.383 e. The molecular weight excluding hydrogens is 543 g/mol. The van der Waals surface area contributed by atoms with E-state index in [1.54, 1.807) is 36.4 Å². The number of halogens is 2. The molecular formula is C27H26Cl2N6O2S. The highest BCUT2D eigenvalue weighted by Crippen LogP contribution is 2.30. The molecule has 2 heterocycles. The van der Waals surface area contributed by atoms with Crippen molar-refractivity contribution in [1.82, 2.24) is 9.31 Å². The van der Waals surface area contributed by atoms with Crippen LogP contribution in [0.4, 0.5) is 0 Å². The smallest absolute Gasteiger partial charge is 0.325 e. The Morgan fingerprint density at radius 3 is 2.13 bits per heavy atom. The third-order valence-electron chi connectivity index (χ3n) is 6.44. The number of hydrogen-bond donors (Lipinski definition) is 1. The molecule has 1 saturated heterocycles. The average molecular weight is 570 g/mol. The molecule has 0 saturated carbocycles. The molecule has 0 aliphatic carbocycles. The second kappa shape index (κ2) is 11.2. The maximum absolute atomic E-state index is 13.2. The van der Waals surface area contributed by atoms with Crippen LogP contribution in [0.1, 0.15) is 35.4 Å². The topological polar surface area (TPSA) is 104 Å². The van der Waals surface area contributed by atoms with E-state index in [1.165, 1.54) is 9.31 Å². The number of benzene rings is 3. The Morgan fingerprint density at radius 2 is 1.50 bits per heavy atom. The summed E-state index contributed by atoms with van der Waals surface area (Å²) in [6.45, 7) is 1.16. The fourth-order valence-corrected chi connectivity index (χ4v) is 5.88. The zero-order valence-corrected chi connectivity index (χ0v) is 22.7. The molecule has 0 spiro atoms. The molecule has 0 radical (unpaired) electrons. The number of nitrogens with zero attached hydrogens (tertiary/aromatic N) is 5. The van der Waals surface area contributed by atoms with Gasteiger partial charge in [0.25, 0.3) is 5.96 Å². The molecule has 3 aromatic rings. The Hall–Kier alpha value is -3.24. The van der Waals surface area contributed by atoms with Crippen molar-refractivity contribution < 1.29 is 8.42 Å². The number of aliphatic imine (C=N–C) groups is 1. The molecule has 38 heavy (non-hydrogen) atoms. The quantitative estimate of drug-likeness (QED) is 0.349. The summed E-state index contributed by atoms with van der Waals surface area (Å²) in [7, 11) is -3.99. The molecule has 8 nitrogen and oxygen atoms in total. The van der Waals surface area contributed by atoms with Crippen molar-refractivity contribution in [3.8, 4) is 0 Å². The maximum Gasteiger partial charge on any atom is 0.325 e. The third kappa shape index (κ3) is 5.91. The maximum atomic E-state index is 13.2. The highest BCUT2D eigenvalue weighted by atomic mass is 35.5. The van der Waals surface area contributed by atoms with E-state index in [9.17, 15) is 8.42 Å². The molecule has 196 valence electrons. The first-order chi connectivity index (χ1) is 18.3. The van der Waals surface area contributed by atoms with Crippen LogP contribution in [0.5, 0.6) is 0 Å². The van der Waals surface area contributed by atoms with Gasteiger partial charge in [0.1, 0.15) is 5.84 Å². The first-order valence-corrected chi connectivity index (χ1v) is 14.3. The van der Waals surface area contributed by atoms with Crippen LogP contribution < -0.4 is 5.73 Å². The lowest BCUT2D eigenvalue weighted by atomic mass is 9.91. The molecule has 3 aromatic carbocycles. The van der Waals surface area contributed by atoms with Gasteiger partial charge in [-0.25, -0.2) is 5.01 Å². The van der Waals surface area contributed by atoms with E-state index in [2.05, 4.69) is 9.39 Å². The van der Waals surface area contributed by atoms with Gasteiger partial charge in [-0.2, -0.15) is 22.8 Å². The standard InChI is InChI=1S/C27H26Cl2N6O2S/c28-22-12-8-20(9-13-22)25-24(19-6-2-1-3-7-19)18-35(32-25)27(33-38(36,37)34-16-4-5-17-34)31-26(30)21-10-14-23(29)15-11-21/h1-3,6-15,24H,4-5,16-18H2,(H2,30,31,33). The number of nitrogens with two attached hydrogens (primary N) is 1. The van der Waals surface area contributed by atoms with Gasteiger partial charge in [-0.1, -0.05) is 65.7 Å². The first kappa shape index (κ1) is 26.4. The molecule has 2 aliphatic heterocycles. The summed E-state index contributed by atoms with van der Waals surface area (Å²) in [6, 6.07) is 24.1. The van der Waals surface area contributed by atoms with Crippen LogP contribution in [0.25, 0.3) is 0 Å². The number of hydrazone groups is 1.